The van der Waals surface area contributed by atoms with E-state index < -0.39 is 0 Å². The quantitative estimate of drug-likeness (QED) is 0.573. The number of rotatable bonds is 7. The molecule has 1 aliphatic rings. The fraction of sp³-hybridized carbons (Fsp3) is 0.231. The fourth-order valence-corrected chi connectivity index (χ4v) is 3.89. The molecule has 0 radical (unpaired) electrons. The highest BCUT2D eigenvalue weighted by Gasteiger charge is 2.33. The molecule has 4 rings (SSSR count). The summed E-state index contributed by atoms with van der Waals surface area (Å²) in [6.45, 7) is 1.01. The van der Waals surface area contributed by atoms with Crippen molar-refractivity contribution in [1.82, 2.24) is 9.91 Å². The number of hydrogen-bond donors (Lipinski definition) is 0. The number of ether oxygens (including phenoxy) is 1. The standard InChI is InChI=1S/C26H27N3O2/c1-28(18-20-9-5-3-6-10-20)19-26(30)29-25(22-13-15-23(31-2)16-14-22)17-24(27-29)21-11-7-4-8-12-21/h3-16,25H,17-19H2,1-2H3/t25-/m0/s1. The molecular weight excluding hydrogens is 386 g/mol. The second-order valence-electron chi connectivity index (χ2n) is 7.80. The van der Waals surface area contributed by atoms with Crippen molar-refractivity contribution in [3.05, 3.63) is 102 Å². The molecule has 1 amide bonds. The highest BCUT2D eigenvalue weighted by atomic mass is 16.5. The molecule has 31 heavy (non-hydrogen) atoms. The number of methoxy groups -OCH3 is 1. The summed E-state index contributed by atoms with van der Waals surface area (Å²) in [6, 6.07) is 28.0. The van der Waals surface area contributed by atoms with Gasteiger partial charge in [-0.1, -0.05) is 72.8 Å². The topological polar surface area (TPSA) is 45.1 Å². The number of amides is 1. The van der Waals surface area contributed by atoms with Gasteiger partial charge in [0.25, 0.3) is 5.91 Å². The average Bonchev–Trinajstić information content (AvgIpc) is 3.26. The summed E-state index contributed by atoms with van der Waals surface area (Å²) < 4.78 is 5.29. The molecule has 0 unspecified atom stereocenters. The SMILES string of the molecule is COc1ccc([C@@H]2CC(c3ccccc3)=NN2C(=O)CN(C)Cc2ccccc2)cc1. The summed E-state index contributed by atoms with van der Waals surface area (Å²) in [4.78, 5) is 15.3. The highest BCUT2D eigenvalue weighted by Crippen LogP contribution is 2.33. The molecule has 0 spiro atoms. The lowest BCUT2D eigenvalue weighted by atomic mass is 9.98. The number of nitrogens with zero attached hydrogens (tertiary/aromatic N) is 3. The number of hydrogen-bond acceptors (Lipinski definition) is 4. The lowest BCUT2D eigenvalue weighted by Gasteiger charge is -2.25. The van der Waals surface area contributed by atoms with Gasteiger partial charge >= 0.3 is 0 Å². The van der Waals surface area contributed by atoms with Crippen LogP contribution in [0.2, 0.25) is 0 Å². The first-order valence-electron chi connectivity index (χ1n) is 10.5. The van der Waals surface area contributed by atoms with Crippen molar-refractivity contribution in [2.45, 2.75) is 19.0 Å². The Morgan fingerprint density at radius 3 is 2.29 bits per heavy atom. The van der Waals surface area contributed by atoms with Crippen molar-refractivity contribution < 1.29 is 9.53 Å². The minimum absolute atomic E-state index is 0.00909. The second kappa shape index (κ2) is 9.58. The number of carbonyl (C=O) groups is 1. The van der Waals surface area contributed by atoms with E-state index in [-0.39, 0.29) is 11.9 Å². The first-order valence-corrected chi connectivity index (χ1v) is 10.5. The van der Waals surface area contributed by atoms with Gasteiger partial charge < -0.3 is 4.74 Å². The van der Waals surface area contributed by atoms with Crippen LogP contribution in [0.15, 0.2) is 90.0 Å². The Balaban J connectivity index is 1.55. The third-order valence-corrected chi connectivity index (χ3v) is 5.47. The maximum absolute atomic E-state index is 13.3. The van der Waals surface area contributed by atoms with Crippen LogP contribution >= 0.6 is 0 Å². The number of likely N-dealkylation sites (N-methyl/N-ethyl adjacent to an activating group) is 1. The largest absolute Gasteiger partial charge is 0.497 e. The van der Waals surface area contributed by atoms with E-state index in [1.54, 1.807) is 12.1 Å². The molecule has 0 fully saturated rings. The Morgan fingerprint density at radius 2 is 1.65 bits per heavy atom. The van der Waals surface area contributed by atoms with Gasteiger partial charge in [0.1, 0.15) is 5.75 Å². The third kappa shape index (κ3) is 5.01. The summed E-state index contributed by atoms with van der Waals surface area (Å²) in [7, 11) is 3.62. The molecule has 3 aromatic carbocycles. The molecule has 0 N–H and O–H groups in total. The van der Waals surface area contributed by atoms with E-state index in [2.05, 4.69) is 12.1 Å². The predicted octanol–water partition coefficient (Wildman–Crippen LogP) is 4.50. The smallest absolute Gasteiger partial charge is 0.257 e. The minimum Gasteiger partial charge on any atom is -0.497 e. The van der Waals surface area contributed by atoms with Crippen LogP contribution in [0, 0.1) is 0 Å². The number of hydrazone groups is 1. The van der Waals surface area contributed by atoms with Crippen LogP contribution in [-0.4, -0.2) is 42.2 Å². The Labute approximate surface area is 183 Å². The van der Waals surface area contributed by atoms with Crippen LogP contribution in [-0.2, 0) is 11.3 Å². The molecule has 1 aliphatic heterocycles. The molecule has 0 saturated carbocycles. The summed E-state index contributed by atoms with van der Waals surface area (Å²) in [5.41, 5.74) is 4.21. The Morgan fingerprint density at radius 1 is 1.00 bits per heavy atom. The summed E-state index contributed by atoms with van der Waals surface area (Å²) in [5.74, 6) is 0.789. The van der Waals surface area contributed by atoms with Gasteiger partial charge in [0, 0.05) is 13.0 Å². The molecule has 0 saturated heterocycles. The highest BCUT2D eigenvalue weighted by molar-refractivity contribution is 6.03. The van der Waals surface area contributed by atoms with Crippen LogP contribution in [0.1, 0.15) is 29.2 Å². The summed E-state index contributed by atoms with van der Waals surface area (Å²) >= 11 is 0. The number of benzene rings is 3. The van der Waals surface area contributed by atoms with Crippen LogP contribution < -0.4 is 4.74 Å². The van der Waals surface area contributed by atoms with Crippen LogP contribution in [0.3, 0.4) is 0 Å². The zero-order valence-electron chi connectivity index (χ0n) is 17.9. The van der Waals surface area contributed by atoms with E-state index in [4.69, 9.17) is 9.84 Å². The predicted molar refractivity (Wildman–Crippen MR) is 123 cm³/mol. The molecule has 0 aliphatic carbocycles. The van der Waals surface area contributed by atoms with Gasteiger partial charge in [-0.25, -0.2) is 5.01 Å². The minimum atomic E-state index is -0.126. The molecule has 0 bridgehead atoms. The van der Waals surface area contributed by atoms with Crippen molar-refractivity contribution in [3.63, 3.8) is 0 Å². The van der Waals surface area contributed by atoms with Gasteiger partial charge in [-0.15, -0.1) is 0 Å². The molecule has 158 valence electrons. The lowest BCUT2D eigenvalue weighted by Crippen LogP contribution is -2.36. The Bertz CT molecular complexity index is 1030. The van der Waals surface area contributed by atoms with Crippen LogP contribution in [0.4, 0.5) is 0 Å². The molecule has 3 aromatic rings. The van der Waals surface area contributed by atoms with Crippen molar-refractivity contribution in [3.8, 4) is 5.75 Å². The van der Waals surface area contributed by atoms with Gasteiger partial charge in [0.05, 0.1) is 25.4 Å². The zero-order chi connectivity index (χ0) is 21.6. The van der Waals surface area contributed by atoms with E-state index >= 15 is 0 Å². The van der Waals surface area contributed by atoms with Gasteiger partial charge in [0.15, 0.2) is 0 Å². The first kappa shape index (κ1) is 20.8. The van der Waals surface area contributed by atoms with Crippen LogP contribution in [0.5, 0.6) is 5.75 Å². The Kier molecular flexibility index (Phi) is 6.43. The van der Waals surface area contributed by atoms with Crippen LogP contribution in [0.25, 0.3) is 0 Å². The van der Waals surface area contributed by atoms with Crippen molar-refractivity contribution in [1.29, 1.82) is 0 Å². The van der Waals surface area contributed by atoms with Gasteiger partial charge in [0.2, 0.25) is 0 Å². The molecule has 0 aromatic heterocycles. The van der Waals surface area contributed by atoms with E-state index in [1.165, 1.54) is 5.56 Å². The molecule has 1 heterocycles. The molecule has 5 heteroatoms. The monoisotopic (exact) mass is 413 g/mol. The van der Waals surface area contributed by atoms with Gasteiger partial charge in [-0.3, -0.25) is 9.69 Å². The van der Waals surface area contributed by atoms with E-state index in [9.17, 15) is 4.79 Å². The van der Waals surface area contributed by atoms with E-state index in [0.29, 0.717) is 19.5 Å². The third-order valence-electron chi connectivity index (χ3n) is 5.47. The maximum atomic E-state index is 13.3. The summed E-state index contributed by atoms with van der Waals surface area (Å²) in [6.07, 6.45) is 0.685. The maximum Gasteiger partial charge on any atom is 0.257 e. The average molecular weight is 414 g/mol. The molecule has 5 nitrogen and oxygen atoms in total. The van der Waals surface area contributed by atoms with Crippen molar-refractivity contribution in [2.24, 2.45) is 5.10 Å². The summed E-state index contributed by atoms with van der Waals surface area (Å²) in [5, 5.41) is 6.42. The van der Waals surface area contributed by atoms with E-state index in [1.807, 2.05) is 84.7 Å². The molecular formula is C26H27N3O2. The second-order valence-corrected chi connectivity index (χ2v) is 7.80. The van der Waals surface area contributed by atoms with Gasteiger partial charge in [-0.2, -0.15) is 5.10 Å². The molecule has 1 atom stereocenters. The van der Waals surface area contributed by atoms with Crippen molar-refractivity contribution >= 4 is 11.6 Å². The fourth-order valence-electron chi connectivity index (χ4n) is 3.89. The Hall–Kier alpha value is -3.44. The van der Waals surface area contributed by atoms with Crippen molar-refractivity contribution in [2.75, 3.05) is 20.7 Å². The zero-order valence-corrected chi connectivity index (χ0v) is 17.9. The van der Waals surface area contributed by atoms with E-state index in [0.717, 1.165) is 22.6 Å². The van der Waals surface area contributed by atoms with Gasteiger partial charge in [-0.05, 0) is 35.9 Å². The number of carbonyl (C=O) groups excluding carboxylic acids is 1. The normalized spacial score (nSPS) is 15.8. The first-order chi connectivity index (χ1) is 15.1. The lowest BCUT2D eigenvalue weighted by molar-refractivity contribution is -0.134.